The van der Waals surface area contributed by atoms with Crippen molar-refractivity contribution in [2.45, 2.75) is 13.0 Å². The van der Waals surface area contributed by atoms with Crippen molar-refractivity contribution < 1.29 is 24.2 Å². The van der Waals surface area contributed by atoms with Crippen LogP contribution in [0.15, 0.2) is 18.2 Å². The van der Waals surface area contributed by atoms with Gasteiger partial charge in [-0.05, 0) is 19.1 Å². The summed E-state index contributed by atoms with van der Waals surface area (Å²) >= 11 is 0. The molecule has 1 rings (SSSR count). The van der Waals surface area contributed by atoms with Crippen LogP contribution in [0.5, 0.6) is 5.75 Å². The minimum Gasteiger partial charge on any atom is -0.480 e. The van der Waals surface area contributed by atoms with E-state index in [0.29, 0.717) is 18.8 Å². The summed E-state index contributed by atoms with van der Waals surface area (Å²) in [6, 6.07) is 4.17. The molecule has 0 spiro atoms. The molecule has 0 radical (unpaired) electrons. The number of aromatic carboxylic acids is 1. The number of carbonyl (C=O) groups excluding carboxylic acids is 1. The van der Waals surface area contributed by atoms with Crippen LogP contribution in [0.4, 0.5) is 5.69 Å². The molecular weight excluding hydrogens is 264 g/mol. The number of nitrogens with two attached hydrogens (primary N) is 1. The van der Waals surface area contributed by atoms with Crippen LogP contribution in [0.3, 0.4) is 0 Å². The number of hydrogen-bond acceptors (Lipinski definition) is 5. The lowest BCUT2D eigenvalue weighted by Gasteiger charge is -2.16. The van der Waals surface area contributed by atoms with Gasteiger partial charge in [-0.25, -0.2) is 4.79 Å². The van der Waals surface area contributed by atoms with Gasteiger partial charge in [-0.15, -0.1) is 0 Å². The molecule has 1 aromatic carbocycles. The van der Waals surface area contributed by atoms with Crippen molar-refractivity contribution in [1.29, 1.82) is 0 Å². The largest absolute Gasteiger partial charge is 0.480 e. The quantitative estimate of drug-likeness (QED) is 0.496. The van der Waals surface area contributed by atoms with Gasteiger partial charge in [0.1, 0.15) is 11.3 Å². The second-order valence-electron chi connectivity index (χ2n) is 4.10. The van der Waals surface area contributed by atoms with E-state index in [0.717, 1.165) is 0 Å². The molecule has 0 saturated carbocycles. The van der Waals surface area contributed by atoms with Gasteiger partial charge < -0.3 is 25.6 Å². The molecule has 0 aromatic heterocycles. The van der Waals surface area contributed by atoms with Crippen LogP contribution >= 0.6 is 0 Å². The molecule has 7 heteroatoms. The SMILES string of the molecule is COCCNC(=O)C(C)Oc1cc(N)ccc1C(=O)O. The molecule has 7 nitrogen and oxygen atoms in total. The molecule has 0 aliphatic heterocycles. The van der Waals surface area contributed by atoms with E-state index in [9.17, 15) is 9.59 Å². The van der Waals surface area contributed by atoms with E-state index in [1.54, 1.807) is 0 Å². The van der Waals surface area contributed by atoms with Crippen molar-refractivity contribution in [3.8, 4) is 5.75 Å². The predicted molar refractivity (Wildman–Crippen MR) is 72.8 cm³/mol. The average Bonchev–Trinajstić information content (AvgIpc) is 2.38. The first kappa shape index (κ1) is 15.8. The van der Waals surface area contributed by atoms with Crippen molar-refractivity contribution in [1.82, 2.24) is 5.32 Å². The van der Waals surface area contributed by atoms with Crippen LogP contribution in [0.2, 0.25) is 0 Å². The highest BCUT2D eigenvalue weighted by molar-refractivity contribution is 5.91. The molecule has 1 amide bonds. The highest BCUT2D eigenvalue weighted by atomic mass is 16.5. The summed E-state index contributed by atoms with van der Waals surface area (Å²) in [5.74, 6) is -1.44. The van der Waals surface area contributed by atoms with Gasteiger partial charge >= 0.3 is 5.97 Å². The van der Waals surface area contributed by atoms with Crippen molar-refractivity contribution in [3.63, 3.8) is 0 Å². The summed E-state index contributed by atoms with van der Waals surface area (Å²) in [6.45, 7) is 2.26. The van der Waals surface area contributed by atoms with Gasteiger partial charge in [0.2, 0.25) is 0 Å². The van der Waals surface area contributed by atoms with Gasteiger partial charge in [0.25, 0.3) is 5.91 Å². The highest BCUT2D eigenvalue weighted by Gasteiger charge is 2.18. The number of rotatable bonds is 7. The maximum Gasteiger partial charge on any atom is 0.339 e. The zero-order valence-corrected chi connectivity index (χ0v) is 11.4. The van der Waals surface area contributed by atoms with Gasteiger partial charge in [-0.2, -0.15) is 0 Å². The first-order valence-electron chi connectivity index (χ1n) is 6.01. The number of carboxylic acids is 1. The van der Waals surface area contributed by atoms with Crippen molar-refractivity contribution >= 4 is 17.6 Å². The summed E-state index contributed by atoms with van der Waals surface area (Å²) in [5, 5.41) is 11.6. The van der Waals surface area contributed by atoms with Crippen LogP contribution in [0.1, 0.15) is 17.3 Å². The number of hydrogen-bond donors (Lipinski definition) is 3. The van der Waals surface area contributed by atoms with Crippen LogP contribution in [0.25, 0.3) is 0 Å². The summed E-state index contributed by atoms with van der Waals surface area (Å²) in [6.07, 6.45) is -0.841. The smallest absolute Gasteiger partial charge is 0.339 e. The second kappa shape index (κ2) is 7.34. The van der Waals surface area contributed by atoms with Crippen molar-refractivity contribution in [2.75, 3.05) is 26.0 Å². The molecule has 1 aromatic rings. The number of carboxylic acid groups (broad SMARTS) is 1. The summed E-state index contributed by atoms with van der Waals surface area (Å²) < 4.78 is 10.2. The third-order valence-electron chi connectivity index (χ3n) is 2.51. The summed E-state index contributed by atoms with van der Waals surface area (Å²) in [5.41, 5.74) is 5.90. The fourth-order valence-corrected chi connectivity index (χ4v) is 1.48. The fraction of sp³-hybridized carbons (Fsp3) is 0.385. The molecule has 0 heterocycles. The molecule has 110 valence electrons. The van der Waals surface area contributed by atoms with Crippen LogP contribution in [-0.4, -0.2) is 43.3 Å². The molecule has 0 bridgehead atoms. The number of nitrogen functional groups attached to an aromatic ring is 1. The molecule has 0 saturated heterocycles. The molecule has 20 heavy (non-hydrogen) atoms. The number of anilines is 1. The molecular formula is C13H18N2O5. The Hall–Kier alpha value is -2.28. The van der Waals surface area contributed by atoms with Gasteiger partial charge in [-0.3, -0.25) is 4.79 Å². The van der Waals surface area contributed by atoms with Crippen molar-refractivity contribution in [3.05, 3.63) is 23.8 Å². The monoisotopic (exact) mass is 282 g/mol. The van der Waals surface area contributed by atoms with Gasteiger partial charge in [-0.1, -0.05) is 0 Å². The molecule has 0 aliphatic carbocycles. The first-order valence-corrected chi connectivity index (χ1v) is 6.01. The number of methoxy groups -OCH3 is 1. The van der Waals surface area contributed by atoms with E-state index in [4.69, 9.17) is 20.3 Å². The zero-order chi connectivity index (χ0) is 15.1. The van der Waals surface area contributed by atoms with Crippen LogP contribution < -0.4 is 15.8 Å². The van der Waals surface area contributed by atoms with E-state index >= 15 is 0 Å². The number of nitrogens with one attached hydrogen (secondary N) is 1. The minimum absolute atomic E-state index is 0.0456. The number of carbonyl (C=O) groups is 2. The Kier molecular flexibility index (Phi) is 5.79. The van der Waals surface area contributed by atoms with E-state index in [2.05, 4.69) is 5.32 Å². The van der Waals surface area contributed by atoms with Crippen LogP contribution in [-0.2, 0) is 9.53 Å². The molecule has 1 atom stereocenters. The fourth-order valence-electron chi connectivity index (χ4n) is 1.48. The molecule has 4 N–H and O–H groups in total. The van der Waals surface area contributed by atoms with Crippen molar-refractivity contribution in [2.24, 2.45) is 0 Å². The highest BCUT2D eigenvalue weighted by Crippen LogP contribution is 2.23. The third-order valence-corrected chi connectivity index (χ3v) is 2.51. The zero-order valence-electron chi connectivity index (χ0n) is 11.4. The second-order valence-corrected chi connectivity index (χ2v) is 4.10. The standard InChI is InChI=1S/C13H18N2O5/c1-8(12(16)15-5-6-19-2)20-11-7-9(14)3-4-10(11)13(17)18/h3-4,7-8H,5-6,14H2,1-2H3,(H,15,16)(H,17,18). The van der Waals surface area contributed by atoms with Gasteiger partial charge in [0.05, 0.1) is 6.61 Å². The summed E-state index contributed by atoms with van der Waals surface area (Å²) in [7, 11) is 1.53. The predicted octanol–water partition coefficient (Wildman–Crippen LogP) is 0.497. The Labute approximate surface area is 116 Å². The maximum atomic E-state index is 11.7. The Morgan fingerprint density at radius 2 is 2.15 bits per heavy atom. The van der Waals surface area contributed by atoms with E-state index in [1.165, 1.54) is 32.2 Å². The van der Waals surface area contributed by atoms with Gasteiger partial charge in [0, 0.05) is 25.4 Å². The Morgan fingerprint density at radius 1 is 1.45 bits per heavy atom. The van der Waals surface area contributed by atoms with Gasteiger partial charge in [0.15, 0.2) is 6.10 Å². The number of benzene rings is 1. The lowest BCUT2D eigenvalue weighted by Crippen LogP contribution is -2.38. The maximum absolute atomic E-state index is 11.7. The Balaban J connectivity index is 2.74. The van der Waals surface area contributed by atoms with E-state index < -0.39 is 12.1 Å². The van der Waals surface area contributed by atoms with E-state index in [-0.39, 0.29) is 17.2 Å². The third kappa shape index (κ3) is 4.43. The Bertz CT molecular complexity index is 490. The Morgan fingerprint density at radius 3 is 2.75 bits per heavy atom. The lowest BCUT2D eigenvalue weighted by atomic mass is 10.2. The topological polar surface area (TPSA) is 111 Å². The van der Waals surface area contributed by atoms with E-state index in [1.807, 2.05) is 0 Å². The lowest BCUT2D eigenvalue weighted by molar-refractivity contribution is -0.127. The minimum atomic E-state index is -1.15. The molecule has 0 aliphatic rings. The first-order chi connectivity index (χ1) is 9.45. The number of ether oxygens (including phenoxy) is 2. The summed E-state index contributed by atoms with van der Waals surface area (Å²) in [4.78, 5) is 22.8. The normalized spacial score (nSPS) is 11.7. The molecule has 0 fully saturated rings. The molecule has 1 unspecified atom stereocenters. The number of amides is 1. The average molecular weight is 282 g/mol. The van der Waals surface area contributed by atoms with Crippen LogP contribution in [0, 0.1) is 0 Å².